The average molecular weight is 524 g/mol. The molecule has 2 N–H and O–H groups in total. The number of hydrogen-bond acceptors (Lipinski definition) is 4. The SMILES string of the molecule is CC(CCC(=O)N1CCCC(S(=O)(=O)O)C1)C1CCC2C3CCC4CC(O)CCC4(C)C3CCC12C. The second kappa shape index (κ2) is 9.82. The molecule has 4 saturated carbocycles. The molecule has 1 aliphatic heterocycles. The number of aliphatic hydroxyl groups excluding tert-OH is 1. The molecule has 0 bridgehead atoms. The van der Waals surface area contributed by atoms with E-state index >= 15 is 0 Å². The quantitative estimate of drug-likeness (QED) is 0.477. The van der Waals surface area contributed by atoms with Crippen molar-refractivity contribution < 1.29 is 22.9 Å². The van der Waals surface area contributed by atoms with Crippen LogP contribution in [-0.2, 0) is 14.9 Å². The summed E-state index contributed by atoms with van der Waals surface area (Å²) in [7, 11) is -4.09. The largest absolute Gasteiger partial charge is 0.393 e. The van der Waals surface area contributed by atoms with Gasteiger partial charge in [-0.25, -0.2) is 0 Å². The Morgan fingerprint density at radius 2 is 1.72 bits per heavy atom. The Morgan fingerprint density at radius 1 is 1.00 bits per heavy atom. The molecule has 36 heavy (non-hydrogen) atoms. The second-order valence-corrected chi connectivity index (χ2v) is 15.6. The molecule has 5 aliphatic rings. The molecule has 4 aliphatic carbocycles. The van der Waals surface area contributed by atoms with Crippen LogP contribution in [0.3, 0.4) is 0 Å². The van der Waals surface area contributed by atoms with Gasteiger partial charge in [-0.05, 0) is 123 Å². The monoisotopic (exact) mass is 523 g/mol. The van der Waals surface area contributed by atoms with Crippen LogP contribution >= 0.6 is 0 Å². The van der Waals surface area contributed by atoms with Crippen LogP contribution in [0.4, 0.5) is 0 Å². The lowest BCUT2D eigenvalue weighted by atomic mass is 9.44. The second-order valence-electron chi connectivity index (χ2n) is 13.9. The fourth-order valence-corrected chi connectivity index (χ4v) is 11.2. The van der Waals surface area contributed by atoms with Crippen LogP contribution in [0, 0.1) is 46.3 Å². The minimum atomic E-state index is -4.09. The number of piperidine rings is 1. The van der Waals surface area contributed by atoms with Crippen molar-refractivity contribution in [2.75, 3.05) is 13.1 Å². The Balaban J connectivity index is 1.20. The van der Waals surface area contributed by atoms with E-state index in [9.17, 15) is 22.9 Å². The summed E-state index contributed by atoms with van der Waals surface area (Å²) in [6.07, 6.45) is 13.4. The van der Waals surface area contributed by atoms with E-state index in [2.05, 4.69) is 20.8 Å². The van der Waals surface area contributed by atoms with Crippen molar-refractivity contribution in [3.8, 4) is 0 Å². The standard InChI is InChI=1S/C29H49NO5S/c1-19(6-11-27(32)30-16-4-5-22(18-30)36(33,34)35)24-9-10-25-23-8-7-20-17-21(31)12-14-28(20,2)26(23)13-15-29(24,25)3/h19-26,31H,4-18H2,1-3H3,(H,33,34,35). The number of likely N-dealkylation sites (tertiary alicyclic amines) is 1. The van der Waals surface area contributed by atoms with Gasteiger partial charge in [-0.1, -0.05) is 20.8 Å². The zero-order valence-electron chi connectivity index (χ0n) is 22.7. The Bertz CT molecular complexity index is 938. The lowest BCUT2D eigenvalue weighted by Crippen LogP contribution is -2.54. The third-order valence-electron chi connectivity index (χ3n) is 12.4. The van der Waals surface area contributed by atoms with E-state index in [4.69, 9.17) is 0 Å². The first-order valence-electron chi connectivity index (χ1n) is 14.9. The summed E-state index contributed by atoms with van der Waals surface area (Å²) < 4.78 is 32.6. The number of carbonyl (C=O) groups is 1. The maximum absolute atomic E-state index is 13.0. The van der Waals surface area contributed by atoms with E-state index in [1.165, 1.54) is 44.9 Å². The maximum atomic E-state index is 13.0. The maximum Gasteiger partial charge on any atom is 0.269 e. The summed E-state index contributed by atoms with van der Waals surface area (Å²) in [6, 6.07) is 0. The molecule has 5 rings (SSSR count). The number of hydrogen-bond donors (Lipinski definition) is 2. The predicted molar refractivity (Wildman–Crippen MR) is 141 cm³/mol. The van der Waals surface area contributed by atoms with Crippen molar-refractivity contribution in [2.24, 2.45) is 46.3 Å². The highest BCUT2D eigenvalue weighted by atomic mass is 32.2. The van der Waals surface area contributed by atoms with E-state index in [1.54, 1.807) is 4.90 Å². The lowest BCUT2D eigenvalue weighted by molar-refractivity contribution is -0.133. The number of nitrogens with zero attached hydrogens (tertiary/aromatic N) is 1. The first-order valence-corrected chi connectivity index (χ1v) is 16.4. The summed E-state index contributed by atoms with van der Waals surface area (Å²) in [6.45, 7) is 8.19. The van der Waals surface area contributed by atoms with Crippen LogP contribution in [0.1, 0.15) is 104 Å². The predicted octanol–water partition coefficient (Wildman–Crippen LogP) is 5.30. The summed E-state index contributed by atoms with van der Waals surface area (Å²) in [5, 5.41) is 9.47. The number of rotatable bonds is 5. The third kappa shape index (κ3) is 4.68. The molecule has 0 aromatic rings. The number of amides is 1. The average Bonchev–Trinajstić information content (AvgIpc) is 3.19. The summed E-state index contributed by atoms with van der Waals surface area (Å²) >= 11 is 0. The Hall–Kier alpha value is -0.660. The molecule has 1 amide bonds. The molecule has 10 unspecified atom stereocenters. The highest BCUT2D eigenvalue weighted by molar-refractivity contribution is 7.86. The highest BCUT2D eigenvalue weighted by Crippen LogP contribution is 2.68. The smallest absolute Gasteiger partial charge is 0.269 e. The topological polar surface area (TPSA) is 94.9 Å². The molecular formula is C29H49NO5S. The van der Waals surface area contributed by atoms with Crippen LogP contribution in [0.15, 0.2) is 0 Å². The van der Waals surface area contributed by atoms with E-state index in [0.29, 0.717) is 54.4 Å². The van der Waals surface area contributed by atoms with E-state index in [1.807, 2.05) is 0 Å². The molecule has 5 fully saturated rings. The zero-order valence-corrected chi connectivity index (χ0v) is 23.5. The van der Waals surface area contributed by atoms with Crippen molar-refractivity contribution in [3.05, 3.63) is 0 Å². The van der Waals surface area contributed by atoms with Crippen molar-refractivity contribution in [1.29, 1.82) is 0 Å². The van der Waals surface area contributed by atoms with Gasteiger partial charge in [0.1, 0.15) is 5.25 Å². The normalized spacial score (nSPS) is 45.9. The summed E-state index contributed by atoms with van der Waals surface area (Å²) in [4.78, 5) is 14.6. The number of carbonyl (C=O) groups excluding carboxylic acids is 1. The molecule has 1 saturated heterocycles. The van der Waals surface area contributed by atoms with Crippen molar-refractivity contribution >= 4 is 16.0 Å². The molecule has 0 aromatic heterocycles. The number of fused-ring (bicyclic) bond motifs is 5. The van der Waals surface area contributed by atoms with Gasteiger partial charge in [-0.15, -0.1) is 0 Å². The first-order chi connectivity index (χ1) is 16.9. The fourth-order valence-electron chi connectivity index (χ4n) is 10.3. The lowest BCUT2D eigenvalue weighted by Gasteiger charge is -2.61. The van der Waals surface area contributed by atoms with Crippen LogP contribution in [0.25, 0.3) is 0 Å². The van der Waals surface area contributed by atoms with Gasteiger partial charge < -0.3 is 10.0 Å². The van der Waals surface area contributed by atoms with Gasteiger partial charge in [-0.2, -0.15) is 8.42 Å². The van der Waals surface area contributed by atoms with Gasteiger partial charge in [0, 0.05) is 19.5 Å². The molecule has 0 aromatic carbocycles. The van der Waals surface area contributed by atoms with Crippen LogP contribution in [0.2, 0.25) is 0 Å². The Kier molecular flexibility index (Phi) is 7.35. The Morgan fingerprint density at radius 3 is 2.47 bits per heavy atom. The Labute approximate surface area is 218 Å². The molecular weight excluding hydrogens is 474 g/mol. The summed E-state index contributed by atoms with van der Waals surface area (Å²) in [5.41, 5.74) is 0.774. The molecule has 0 radical (unpaired) electrons. The van der Waals surface area contributed by atoms with Gasteiger partial charge in [0.2, 0.25) is 5.91 Å². The molecule has 206 valence electrons. The van der Waals surface area contributed by atoms with Gasteiger partial charge in [0.25, 0.3) is 10.1 Å². The van der Waals surface area contributed by atoms with Crippen LogP contribution < -0.4 is 0 Å². The van der Waals surface area contributed by atoms with Crippen molar-refractivity contribution in [3.63, 3.8) is 0 Å². The van der Waals surface area contributed by atoms with Gasteiger partial charge in [0.05, 0.1) is 6.10 Å². The summed E-state index contributed by atoms with van der Waals surface area (Å²) in [5.74, 6) is 4.31. The van der Waals surface area contributed by atoms with E-state index < -0.39 is 15.4 Å². The molecule has 6 nitrogen and oxygen atoms in total. The molecule has 10 atom stereocenters. The van der Waals surface area contributed by atoms with Crippen LogP contribution in [-0.4, -0.2) is 53.3 Å². The molecule has 1 heterocycles. The zero-order chi connectivity index (χ0) is 25.9. The highest BCUT2D eigenvalue weighted by Gasteiger charge is 2.60. The van der Waals surface area contributed by atoms with Crippen molar-refractivity contribution in [2.45, 2.75) is 116 Å². The fraction of sp³-hybridized carbons (Fsp3) is 0.966. The van der Waals surface area contributed by atoms with Crippen molar-refractivity contribution in [1.82, 2.24) is 4.90 Å². The third-order valence-corrected chi connectivity index (χ3v) is 13.6. The van der Waals surface area contributed by atoms with E-state index in [0.717, 1.165) is 37.0 Å². The minimum absolute atomic E-state index is 0.0457. The van der Waals surface area contributed by atoms with E-state index in [-0.39, 0.29) is 18.6 Å². The van der Waals surface area contributed by atoms with Gasteiger partial charge in [0.15, 0.2) is 0 Å². The van der Waals surface area contributed by atoms with Gasteiger partial charge >= 0.3 is 0 Å². The number of aliphatic hydroxyl groups is 1. The molecule has 0 spiro atoms. The molecule has 7 heteroatoms. The van der Waals surface area contributed by atoms with Crippen LogP contribution in [0.5, 0.6) is 0 Å². The first kappa shape index (κ1) is 26.9. The van der Waals surface area contributed by atoms with Gasteiger partial charge in [-0.3, -0.25) is 9.35 Å². The minimum Gasteiger partial charge on any atom is -0.393 e.